The van der Waals surface area contributed by atoms with Crippen molar-refractivity contribution in [3.63, 3.8) is 0 Å². The highest BCUT2D eigenvalue weighted by atomic mass is 16.1. The Morgan fingerprint density at radius 2 is 1.80 bits per heavy atom. The molecule has 2 aliphatic rings. The molecule has 1 saturated heterocycles. The summed E-state index contributed by atoms with van der Waals surface area (Å²) in [5.74, 6) is 0.496. The van der Waals surface area contributed by atoms with Crippen LogP contribution in [0.4, 0.5) is 5.69 Å². The van der Waals surface area contributed by atoms with E-state index >= 15 is 0 Å². The summed E-state index contributed by atoms with van der Waals surface area (Å²) in [6.07, 6.45) is 1.94. The summed E-state index contributed by atoms with van der Waals surface area (Å²) in [5.41, 5.74) is 3.26. The number of aromatic nitrogens is 1. The predicted molar refractivity (Wildman–Crippen MR) is 99.6 cm³/mol. The zero-order valence-corrected chi connectivity index (χ0v) is 15.2. The van der Waals surface area contributed by atoms with Gasteiger partial charge in [0.2, 0.25) is 0 Å². The highest BCUT2D eigenvalue weighted by molar-refractivity contribution is 5.84. The number of carbonyl (C=O) groups is 1. The number of nitrogens with zero attached hydrogens (tertiary/aromatic N) is 2. The molecular formula is C21H25N3O. The van der Waals surface area contributed by atoms with Crippen molar-refractivity contribution >= 4 is 11.5 Å². The minimum atomic E-state index is -0.153. The Morgan fingerprint density at radius 3 is 2.44 bits per heavy atom. The van der Waals surface area contributed by atoms with Crippen molar-refractivity contribution in [1.29, 1.82) is 0 Å². The molecule has 2 aliphatic heterocycles. The first-order valence-corrected chi connectivity index (χ1v) is 8.95. The molecule has 4 nitrogen and oxygen atoms in total. The first-order valence-electron chi connectivity index (χ1n) is 8.95. The molecule has 1 fully saturated rings. The number of nitrogens with one attached hydrogen (secondary N) is 1. The number of rotatable bonds is 2. The SMILES string of the molecule is CC(=O)C1C(c2ccccc2)C2c3ncccc3NC2N1C(C)(C)C. The van der Waals surface area contributed by atoms with Gasteiger partial charge >= 0.3 is 0 Å². The van der Waals surface area contributed by atoms with Crippen molar-refractivity contribution in [2.24, 2.45) is 0 Å². The normalized spacial score (nSPS) is 28.3. The molecule has 4 atom stereocenters. The molecule has 0 aliphatic carbocycles. The van der Waals surface area contributed by atoms with E-state index in [0.717, 1.165) is 11.4 Å². The Bertz CT molecular complexity index is 796. The van der Waals surface area contributed by atoms with Crippen LogP contribution in [0.1, 0.15) is 50.8 Å². The fourth-order valence-corrected chi connectivity index (χ4v) is 4.70. The standard InChI is InChI=1S/C21H25N3O/c1-13(25)19-16(14-9-6-5-7-10-14)17-18-15(11-8-12-22-18)23-20(17)24(19)21(2,3)4/h5-12,16-17,19-20,23H,1-4H3. The maximum atomic E-state index is 12.7. The number of anilines is 1. The van der Waals surface area contributed by atoms with Crippen LogP contribution in [0.5, 0.6) is 0 Å². The first-order chi connectivity index (χ1) is 11.9. The second-order valence-corrected chi connectivity index (χ2v) is 8.12. The zero-order valence-electron chi connectivity index (χ0n) is 15.2. The van der Waals surface area contributed by atoms with Crippen molar-refractivity contribution in [3.8, 4) is 0 Å². The number of benzene rings is 1. The third-order valence-corrected chi connectivity index (χ3v) is 5.50. The van der Waals surface area contributed by atoms with Gasteiger partial charge in [-0.3, -0.25) is 14.7 Å². The fraction of sp³-hybridized carbons (Fsp3) is 0.429. The summed E-state index contributed by atoms with van der Waals surface area (Å²) in [6, 6.07) is 14.3. The van der Waals surface area contributed by atoms with Crippen LogP contribution in [0.15, 0.2) is 48.7 Å². The third kappa shape index (κ3) is 2.47. The van der Waals surface area contributed by atoms with Gasteiger partial charge in [-0.15, -0.1) is 0 Å². The van der Waals surface area contributed by atoms with Crippen LogP contribution in [-0.2, 0) is 4.79 Å². The number of carbonyl (C=O) groups excluding carboxylic acids is 1. The van der Waals surface area contributed by atoms with Gasteiger partial charge in [0.1, 0.15) is 5.78 Å². The number of hydrogen-bond donors (Lipinski definition) is 1. The average Bonchev–Trinajstić information content (AvgIpc) is 3.09. The Labute approximate surface area is 149 Å². The summed E-state index contributed by atoms with van der Waals surface area (Å²) in [4.78, 5) is 19.8. The van der Waals surface area contributed by atoms with Gasteiger partial charge in [0.25, 0.3) is 0 Å². The summed E-state index contributed by atoms with van der Waals surface area (Å²) in [6.45, 7) is 8.28. The average molecular weight is 335 g/mol. The van der Waals surface area contributed by atoms with E-state index in [0.29, 0.717) is 0 Å². The molecule has 130 valence electrons. The van der Waals surface area contributed by atoms with Gasteiger partial charge in [0, 0.05) is 23.6 Å². The van der Waals surface area contributed by atoms with Gasteiger partial charge in [-0.2, -0.15) is 0 Å². The highest BCUT2D eigenvalue weighted by Gasteiger charge is 2.58. The molecule has 2 aromatic rings. The van der Waals surface area contributed by atoms with E-state index in [2.05, 4.69) is 66.3 Å². The van der Waals surface area contributed by atoms with Gasteiger partial charge in [-0.05, 0) is 45.4 Å². The summed E-state index contributed by atoms with van der Waals surface area (Å²) < 4.78 is 0. The van der Waals surface area contributed by atoms with Gasteiger partial charge < -0.3 is 5.32 Å². The van der Waals surface area contributed by atoms with Crippen molar-refractivity contribution in [2.75, 3.05) is 5.32 Å². The fourth-order valence-electron chi connectivity index (χ4n) is 4.70. The maximum absolute atomic E-state index is 12.7. The molecule has 3 heterocycles. The molecule has 1 N–H and O–H groups in total. The molecule has 4 rings (SSSR count). The molecule has 1 aromatic heterocycles. The maximum Gasteiger partial charge on any atom is 0.147 e. The first kappa shape index (κ1) is 16.3. The van der Waals surface area contributed by atoms with E-state index in [4.69, 9.17) is 0 Å². The largest absolute Gasteiger partial charge is 0.367 e. The summed E-state index contributed by atoms with van der Waals surface area (Å²) in [7, 11) is 0. The molecule has 0 saturated carbocycles. The van der Waals surface area contributed by atoms with Crippen molar-refractivity contribution < 1.29 is 4.79 Å². The second kappa shape index (κ2) is 5.67. The van der Waals surface area contributed by atoms with E-state index in [1.165, 1.54) is 5.56 Å². The summed E-state index contributed by atoms with van der Waals surface area (Å²) >= 11 is 0. The Balaban J connectivity index is 1.91. The number of pyridine rings is 1. The quantitative estimate of drug-likeness (QED) is 0.907. The van der Waals surface area contributed by atoms with E-state index in [9.17, 15) is 4.79 Å². The molecule has 4 heteroatoms. The van der Waals surface area contributed by atoms with Gasteiger partial charge in [0.05, 0.1) is 23.6 Å². The number of likely N-dealkylation sites (tertiary alicyclic amines) is 1. The Hall–Kier alpha value is -2.20. The number of fused-ring (bicyclic) bond motifs is 3. The lowest BCUT2D eigenvalue weighted by molar-refractivity contribution is -0.123. The smallest absolute Gasteiger partial charge is 0.147 e. The van der Waals surface area contributed by atoms with Crippen LogP contribution < -0.4 is 5.32 Å². The topological polar surface area (TPSA) is 45.2 Å². The van der Waals surface area contributed by atoms with E-state index in [1.807, 2.05) is 18.3 Å². The third-order valence-electron chi connectivity index (χ3n) is 5.50. The Morgan fingerprint density at radius 1 is 1.08 bits per heavy atom. The minimum Gasteiger partial charge on any atom is -0.367 e. The number of Topliss-reactive ketones (excluding diaryl/α,β-unsaturated/α-hetero) is 1. The van der Waals surface area contributed by atoms with Gasteiger partial charge in [-0.25, -0.2) is 0 Å². The molecule has 0 radical (unpaired) electrons. The number of hydrogen-bond acceptors (Lipinski definition) is 4. The minimum absolute atomic E-state index is 0.0870. The Kier molecular flexibility index (Phi) is 3.69. The monoisotopic (exact) mass is 335 g/mol. The van der Waals surface area contributed by atoms with Crippen LogP contribution in [0.2, 0.25) is 0 Å². The lowest BCUT2D eigenvalue weighted by Crippen LogP contribution is -2.54. The zero-order chi connectivity index (χ0) is 17.8. The molecule has 4 unspecified atom stereocenters. The van der Waals surface area contributed by atoms with Crippen LogP contribution in [0, 0.1) is 0 Å². The molecule has 0 amide bonds. The van der Waals surface area contributed by atoms with Crippen molar-refractivity contribution in [1.82, 2.24) is 9.88 Å². The predicted octanol–water partition coefficient (Wildman–Crippen LogP) is 3.77. The molecule has 1 aromatic carbocycles. The van der Waals surface area contributed by atoms with E-state index in [1.54, 1.807) is 6.92 Å². The van der Waals surface area contributed by atoms with Crippen molar-refractivity contribution in [3.05, 3.63) is 59.9 Å². The molecule has 0 bridgehead atoms. The van der Waals surface area contributed by atoms with Crippen LogP contribution in [-0.4, -0.2) is 33.4 Å². The lowest BCUT2D eigenvalue weighted by Gasteiger charge is -2.40. The lowest BCUT2D eigenvalue weighted by atomic mass is 9.81. The van der Waals surface area contributed by atoms with Crippen molar-refractivity contribution in [2.45, 2.75) is 57.3 Å². The second-order valence-electron chi connectivity index (χ2n) is 8.12. The van der Waals surface area contributed by atoms with E-state index < -0.39 is 0 Å². The highest BCUT2D eigenvalue weighted by Crippen LogP contribution is 2.54. The van der Waals surface area contributed by atoms with Crippen LogP contribution >= 0.6 is 0 Å². The van der Waals surface area contributed by atoms with Crippen LogP contribution in [0.25, 0.3) is 0 Å². The van der Waals surface area contributed by atoms with Gasteiger partial charge in [-0.1, -0.05) is 30.3 Å². The molecule has 0 spiro atoms. The van der Waals surface area contributed by atoms with E-state index in [-0.39, 0.29) is 35.4 Å². The molecule has 25 heavy (non-hydrogen) atoms. The number of ketones is 1. The summed E-state index contributed by atoms with van der Waals surface area (Å²) in [5, 5.41) is 3.65. The van der Waals surface area contributed by atoms with Crippen LogP contribution in [0.3, 0.4) is 0 Å². The molecular weight excluding hydrogens is 310 g/mol. The van der Waals surface area contributed by atoms with Gasteiger partial charge in [0.15, 0.2) is 0 Å².